The van der Waals surface area contributed by atoms with Crippen molar-refractivity contribution in [2.24, 2.45) is 0 Å². The van der Waals surface area contributed by atoms with Gasteiger partial charge in [-0.25, -0.2) is 17.5 Å². The van der Waals surface area contributed by atoms with E-state index in [1.165, 1.54) is 31.1 Å². The predicted octanol–water partition coefficient (Wildman–Crippen LogP) is 0.935. The molecule has 8 heteroatoms. The van der Waals surface area contributed by atoms with Crippen LogP contribution in [-0.2, 0) is 14.8 Å². The van der Waals surface area contributed by atoms with Crippen LogP contribution in [0.2, 0.25) is 0 Å². The van der Waals surface area contributed by atoms with Gasteiger partial charge in [0.2, 0.25) is 10.0 Å². The van der Waals surface area contributed by atoms with E-state index in [0.717, 1.165) is 4.31 Å². The molecule has 7 nitrogen and oxygen atoms in total. The van der Waals surface area contributed by atoms with Crippen molar-refractivity contribution < 1.29 is 23.1 Å². The minimum absolute atomic E-state index is 0.0162. The molecule has 1 amide bonds. The quantitative estimate of drug-likeness (QED) is 0.880. The molecule has 0 aromatic heterocycles. The fourth-order valence-electron chi connectivity index (χ4n) is 2.62. The molecular weight excluding hydrogens is 320 g/mol. The fraction of sp³-hybridized carbons (Fsp3) is 0.467. The van der Waals surface area contributed by atoms with Gasteiger partial charge in [-0.15, -0.1) is 0 Å². The highest BCUT2D eigenvalue weighted by atomic mass is 32.2. The van der Waals surface area contributed by atoms with Crippen molar-refractivity contribution in [3.05, 3.63) is 29.3 Å². The standard InChI is InChI=1S/C15H20N2O5S/c1-10-6-7-11(23(21,22)16(2)3)9-12(10)14(18)17-8-4-5-13(17)15(19)20/h6-7,9,13H,4-5,8H2,1-3H3,(H,19,20)/t13-/m1/s1. The summed E-state index contributed by atoms with van der Waals surface area (Å²) in [7, 11) is -0.828. The summed E-state index contributed by atoms with van der Waals surface area (Å²) in [5, 5.41) is 9.21. The molecule has 1 N–H and O–H groups in total. The molecule has 126 valence electrons. The van der Waals surface area contributed by atoms with Crippen molar-refractivity contribution in [3.63, 3.8) is 0 Å². The number of likely N-dealkylation sites (tertiary alicyclic amines) is 1. The Bertz CT molecular complexity index is 742. The van der Waals surface area contributed by atoms with E-state index < -0.39 is 27.9 Å². The average Bonchev–Trinajstić information content (AvgIpc) is 2.96. The van der Waals surface area contributed by atoms with Gasteiger partial charge >= 0.3 is 5.97 Å². The Balaban J connectivity index is 2.43. The van der Waals surface area contributed by atoms with Crippen LogP contribution < -0.4 is 0 Å². The Morgan fingerprint density at radius 3 is 2.52 bits per heavy atom. The van der Waals surface area contributed by atoms with Gasteiger partial charge in [-0.3, -0.25) is 4.79 Å². The van der Waals surface area contributed by atoms with Crippen LogP contribution in [0.15, 0.2) is 23.1 Å². The second-order valence-electron chi connectivity index (χ2n) is 5.76. The predicted molar refractivity (Wildman–Crippen MR) is 83.7 cm³/mol. The molecule has 23 heavy (non-hydrogen) atoms. The van der Waals surface area contributed by atoms with E-state index in [9.17, 15) is 23.1 Å². The normalized spacial score (nSPS) is 18.4. The number of aliphatic carboxylic acids is 1. The maximum Gasteiger partial charge on any atom is 0.326 e. The zero-order valence-corrected chi connectivity index (χ0v) is 14.1. The number of nitrogens with zero attached hydrogens (tertiary/aromatic N) is 2. The van der Waals surface area contributed by atoms with Gasteiger partial charge in [-0.1, -0.05) is 6.07 Å². The molecule has 1 aliphatic rings. The highest BCUT2D eigenvalue weighted by molar-refractivity contribution is 7.89. The Kier molecular flexibility index (Phi) is 4.76. The van der Waals surface area contributed by atoms with Gasteiger partial charge in [0.15, 0.2) is 0 Å². The molecule has 0 unspecified atom stereocenters. The summed E-state index contributed by atoms with van der Waals surface area (Å²) in [5.41, 5.74) is 0.838. The highest BCUT2D eigenvalue weighted by Gasteiger charge is 2.35. The van der Waals surface area contributed by atoms with Crippen LogP contribution in [0.3, 0.4) is 0 Å². The number of carboxylic acids is 1. The molecule has 1 saturated heterocycles. The van der Waals surface area contributed by atoms with Crippen LogP contribution in [0.4, 0.5) is 0 Å². The SMILES string of the molecule is Cc1ccc(S(=O)(=O)N(C)C)cc1C(=O)N1CCC[C@@H]1C(=O)O. The lowest BCUT2D eigenvalue weighted by Crippen LogP contribution is -2.40. The molecule has 0 aliphatic carbocycles. The maximum absolute atomic E-state index is 12.7. The molecule has 1 aromatic carbocycles. The number of sulfonamides is 1. The van der Waals surface area contributed by atoms with Gasteiger partial charge in [-0.05, 0) is 37.5 Å². The van der Waals surface area contributed by atoms with E-state index in [1.807, 2.05) is 0 Å². The fourth-order valence-corrected chi connectivity index (χ4v) is 3.55. The Labute approximate surface area is 135 Å². The minimum atomic E-state index is -3.66. The molecule has 0 bridgehead atoms. The Morgan fingerprint density at radius 1 is 1.30 bits per heavy atom. The van der Waals surface area contributed by atoms with E-state index in [0.29, 0.717) is 24.9 Å². The van der Waals surface area contributed by atoms with E-state index in [-0.39, 0.29) is 10.5 Å². The van der Waals surface area contributed by atoms with Crippen LogP contribution in [0.5, 0.6) is 0 Å². The molecular formula is C15H20N2O5S. The third kappa shape index (κ3) is 3.23. The van der Waals surface area contributed by atoms with Crippen LogP contribution in [0.25, 0.3) is 0 Å². The van der Waals surface area contributed by atoms with Gasteiger partial charge in [0.05, 0.1) is 4.90 Å². The molecule has 1 heterocycles. The second-order valence-corrected chi connectivity index (χ2v) is 7.91. The molecule has 1 aromatic rings. The summed E-state index contributed by atoms with van der Waals surface area (Å²) < 4.78 is 25.5. The number of carboxylic acid groups (broad SMARTS) is 1. The van der Waals surface area contributed by atoms with Gasteiger partial charge in [0.1, 0.15) is 6.04 Å². The Hall–Kier alpha value is -1.93. The average molecular weight is 340 g/mol. The lowest BCUT2D eigenvalue weighted by atomic mass is 10.1. The number of aryl methyl sites for hydroxylation is 1. The molecule has 1 aliphatic heterocycles. The summed E-state index contributed by atoms with van der Waals surface area (Å²) in [6, 6.07) is 3.48. The van der Waals surface area contributed by atoms with Crippen LogP contribution in [-0.4, -0.2) is 61.3 Å². The molecule has 1 atom stereocenters. The number of benzene rings is 1. The largest absolute Gasteiger partial charge is 0.480 e. The molecule has 2 rings (SSSR count). The van der Waals surface area contributed by atoms with E-state index in [4.69, 9.17) is 0 Å². The van der Waals surface area contributed by atoms with Crippen LogP contribution in [0, 0.1) is 6.92 Å². The molecule has 1 fully saturated rings. The van der Waals surface area contributed by atoms with E-state index in [2.05, 4.69) is 0 Å². The summed E-state index contributed by atoms with van der Waals surface area (Å²) in [6.07, 6.45) is 1.03. The number of carbonyl (C=O) groups excluding carboxylic acids is 1. The monoisotopic (exact) mass is 340 g/mol. The topological polar surface area (TPSA) is 95.0 Å². The van der Waals surface area contributed by atoms with Crippen molar-refractivity contribution in [1.82, 2.24) is 9.21 Å². The van der Waals surface area contributed by atoms with Gasteiger partial charge in [0, 0.05) is 26.2 Å². The summed E-state index contributed by atoms with van der Waals surface area (Å²) in [4.78, 5) is 25.3. The molecule has 0 radical (unpaired) electrons. The Morgan fingerprint density at radius 2 is 1.96 bits per heavy atom. The number of hydrogen-bond donors (Lipinski definition) is 1. The zero-order chi connectivity index (χ0) is 17.4. The summed E-state index contributed by atoms with van der Waals surface area (Å²) in [6.45, 7) is 2.06. The first-order chi connectivity index (χ1) is 10.7. The third-order valence-corrected chi connectivity index (χ3v) is 5.83. The van der Waals surface area contributed by atoms with Crippen molar-refractivity contribution in [2.45, 2.75) is 30.7 Å². The summed E-state index contributed by atoms with van der Waals surface area (Å²) in [5.74, 6) is -1.48. The van der Waals surface area contributed by atoms with E-state index in [1.54, 1.807) is 13.0 Å². The molecule has 0 spiro atoms. The number of amides is 1. The van der Waals surface area contributed by atoms with Gasteiger partial charge in [0.25, 0.3) is 5.91 Å². The van der Waals surface area contributed by atoms with Crippen molar-refractivity contribution in [3.8, 4) is 0 Å². The second kappa shape index (κ2) is 6.29. The number of rotatable bonds is 4. The highest BCUT2D eigenvalue weighted by Crippen LogP contribution is 2.24. The zero-order valence-electron chi connectivity index (χ0n) is 13.3. The lowest BCUT2D eigenvalue weighted by Gasteiger charge is -2.23. The lowest BCUT2D eigenvalue weighted by molar-refractivity contribution is -0.141. The molecule has 0 saturated carbocycles. The number of hydrogen-bond acceptors (Lipinski definition) is 4. The number of carbonyl (C=O) groups is 2. The first-order valence-corrected chi connectivity index (χ1v) is 8.67. The van der Waals surface area contributed by atoms with Crippen molar-refractivity contribution in [1.29, 1.82) is 0 Å². The maximum atomic E-state index is 12.7. The van der Waals surface area contributed by atoms with Crippen molar-refractivity contribution in [2.75, 3.05) is 20.6 Å². The van der Waals surface area contributed by atoms with Crippen molar-refractivity contribution >= 4 is 21.9 Å². The minimum Gasteiger partial charge on any atom is -0.480 e. The smallest absolute Gasteiger partial charge is 0.326 e. The van der Waals surface area contributed by atoms with Gasteiger partial charge in [-0.2, -0.15) is 0 Å². The van der Waals surface area contributed by atoms with Gasteiger partial charge < -0.3 is 10.0 Å². The third-order valence-electron chi connectivity index (χ3n) is 4.02. The van der Waals surface area contributed by atoms with E-state index >= 15 is 0 Å². The first-order valence-electron chi connectivity index (χ1n) is 7.23. The summed E-state index contributed by atoms with van der Waals surface area (Å²) >= 11 is 0. The van der Waals surface area contributed by atoms with Crippen LogP contribution >= 0.6 is 0 Å². The van der Waals surface area contributed by atoms with Crippen LogP contribution in [0.1, 0.15) is 28.8 Å². The first kappa shape index (κ1) is 17.4.